The summed E-state index contributed by atoms with van der Waals surface area (Å²) < 4.78 is 0. The summed E-state index contributed by atoms with van der Waals surface area (Å²) in [4.78, 5) is 2.71. The van der Waals surface area contributed by atoms with Gasteiger partial charge in [0.15, 0.2) is 0 Å². The van der Waals surface area contributed by atoms with Crippen LogP contribution in [0.1, 0.15) is 40.0 Å². The first kappa shape index (κ1) is 11.4. The summed E-state index contributed by atoms with van der Waals surface area (Å²) in [6.07, 6.45) is 4.04. The molecule has 3 unspecified atom stereocenters. The second-order valence-corrected chi connectivity index (χ2v) is 5.80. The van der Waals surface area contributed by atoms with Gasteiger partial charge in [0.05, 0.1) is 0 Å². The number of hydrogen-bond acceptors (Lipinski definition) is 2. The second-order valence-electron chi connectivity index (χ2n) is 5.80. The van der Waals surface area contributed by atoms with E-state index in [-0.39, 0.29) is 0 Å². The van der Waals surface area contributed by atoms with Crippen LogP contribution in [0.25, 0.3) is 0 Å². The van der Waals surface area contributed by atoms with Gasteiger partial charge in [-0.3, -0.25) is 4.90 Å². The maximum absolute atomic E-state index is 6.09. The van der Waals surface area contributed by atoms with E-state index in [1.165, 1.54) is 32.4 Å². The van der Waals surface area contributed by atoms with Gasteiger partial charge in [0.2, 0.25) is 0 Å². The van der Waals surface area contributed by atoms with Gasteiger partial charge in [0.25, 0.3) is 0 Å². The Hall–Kier alpha value is -0.0800. The van der Waals surface area contributed by atoms with Crippen LogP contribution in [0.4, 0.5) is 0 Å². The number of hydrogen-bond donors (Lipinski definition) is 1. The summed E-state index contributed by atoms with van der Waals surface area (Å²) in [5.74, 6) is 2.59. The van der Waals surface area contributed by atoms with Crippen molar-refractivity contribution < 1.29 is 0 Å². The molecule has 1 saturated carbocycles. The van der Waals surface area contributed by atoms with E-state index >= 15 is 0 Å². The summed E-state index contributed by atoms with van der Waals surface area (Å²) in [7, 11) is 0. The maximum atomic E-state index is 6.09. The van der Waals surface area contributed by atoms with Crippen LogP contribution in [0.15, 0.2) is 0 Å². The Morgan fingerprint density at radius 3 is 2.07 bits per heavy atom. The SMILES string of the molecule is CCC(CN)(C1CC1)N1CC(C)C(C)C1. The molecule has 0 aromatic heterocycles. The predicted octanol–water partition coefficient (Wildman–Crippen LogP) is 2.09. The standard InChI is InChI=1S/C13H26N2/c1-4-13(9-14,12-5-6-12)15-7-10(2)11(3)8-15/h10-12H,4-9,14H2,1-3H3. The van der Waals surface area contributed by atoms with Crippen LogP contribution >= 0.6 is 0 Å². The molecule has 15 heavy (non-hydrogen) atoms. The molecule has 2 aliphatic rings. The Morgan fingerprint density at radius 1 is 1.20 bits per heavy atom. The smallest absolute Gasteiger partial charge is 0.0357 e. The van der Waals surface area contributed by atoms with E-state index in [1.54, 1.807) is 0 Å². The fraction of sp³-hybridized carbons (Fsp3) is 1.00. The molecule has 0 spiro atoms. The van der Waals surface area contributed by atoms with Crippen molar-refractivity contribution in [3.05, 3.63) is 0 Å². The lowest BCUT2D eigenvalue weighted by Crippen LogP contribution is -2.54. The van der Waals surface area contributed by atoms with Crippen LogP contribution in [0.3, 0.4) is 0 Å². The topological polar surface area (TPSA) is 29.3 Å². The molecule has 2 rings (SSSR count). The molecule has 3 atom stereocenters. The third kappa shape index (κ3) is 1.83. The van der Waals surface area contributed by atoms with Gasteiger partial charge in [-0.1, -0.05) is 20.8 Å². The lowest BCUT2D eigenvalue weighted by molar-refractivity contribution is 0.0888. The molecule has 0 bridgehead atoms. The van der Waals surface area contributed by atoms with Crippen LogP contribution in [-0.4, -0.2) is 30.1 Å². The average molecular weight is 210 g/mol. The Kier molecular flexibility index (Phi) is 3.09. The molecule has 1 heterocycles. The third-order valence-corrected chi connectivity index (χ3v) is 4.92. The Bertz CT molecular complexity index is 209. The van der Waals surface area contributed by atoms with Gasteiger partial charge >= 0.3 is 0 Å². The predicted molar refractivity (Wildman–Crippen MR) is 64.7 cm³/mol. The molecule has 1 aliphatic heterocycles. The van der Waals surface area contributed by atoms with Gasteiger partial charge < -0.3 is 5.73 Å². The molecule has 0 aromatic rings. The molecule has 2 heteroatoms. The average Bonchev–Trinajstić information content (AvgIpc) is 3.00. The summed E-state index contributed by atoms with van der Waals surface area (Å²) in [6.45, 7) is 10.5. The van der Waals surface area contributed by atoms with Crippen LogP contribution in [0.2, 0.25) is 0 Å². The molecular formula is C13H26N2. The molecule has 2 nitrogen and oxygen atoms in total. The zero-order chi connectivity index (χ0) is 11.1. The fourth-order valence-corrected chi connectivity index (χ4v) is 3.32. The van der Waals surface area contributed by atoms with Crippen molar-refractivity contribution in [3.63, 3.8) is 0 Å². The summed E-state index contributed by atoms with van der Waals surface area (Å²) in [5, 5.41) is 0. The van der Waals surface area contributed by atoms with Gasteiger partial charge in [0.1, 0.15) is 0 Å². The van der Waals surface area contributed by atoms with Gasteiger partial charge in [-0.2, -0.15) is 0 Å². The lowest BCUT2D eigenvalue weighted by atomic mass is 9.88. The van der Waals surface area contributed by atoms with Crippen molar-refractivity contribution >= 4 is 0 Å². The van der Waals surface area contributed by atoms with Crippen molar-refractivity contribution in [2.24, 2.45) is 23.5 Å². The highest BCUT2D eigenvalue weighted by molar-refractivity contribution is 5.04. The van der Waals surface area contributed by atoms with E-state index in [0.29, 0.717) is 5.54 Å². The van der Waals surface area contributed by atoms with Gasteiger partial charge in [-0.15, -0.1) is 0 Å². The largest absolute Gasteiger partial charge is 0.329 e. The Morgan fingerprint density at radius 2 is 1.73 bits per heavy atom. The number of nitrogens with zero attached hydrogens (tertiary/aromatic N) is 1. The van der Waals surface area contributed by atoms with Crippen molar-refractivity contribution in [1.29, 1.82) is 0 Å². The molecule has 0 aromatic carbocycles. The van der Waals surface area contributed by atoms with Crippen molar-refractivity contribution in [2.75, 3.05) is 19.6 Å². The van der Waals surface area contributed by atoms with Gasteiger partial charge in [-0.25, -0.2) is 0 Å². The minimum atomic E-state index is 0.346. The minimum Gasteiger partial charge on any atom is -0.329 e. The zero-order valence-corrected chi connectivity index (χ0v) is 10.5. The number of likely N-dealkylation sites (tertiary alicyclic amines) is 1. The highest BCUT2D eigenvalue weighted by Gasteiger charge is 2.49. The van der Waals surface area contributed by atoms with E-state index in [4.69, 9.17) is 5.73 Å². The van der Waals surface area contributed by atoms with Gasteiger partial charge in [-0.05, 0) is 37.0 Å². The zero-order valence-electron chi connectivity index (χ0n) is 10.5. The molecule has 1 aliphatic carbocycles. The van der Waals surface area contributed by atoms with E-state index in [1.807, 2.05) is 0 Å². The van der Waals surface area contributed by atoms with Gasteiger partial charge in [0, 0.05) is 25.2 Å². The first-order valence-electron chi connectivity index (χ1n) is 6.59. The summed E-state index contributed by atoms with van der Waals surface area (Å²) >= 11 is 0. The minimum absolute atomic E-state index is 0.346. The third-order valence-electron chi connectivity index (χ3n) is 4.92. The molecule has 2 fully saturated rings. The molecule has 2 N–H and O–H groups in total. The van der Waals surface area contributed by atoms with Crippen LogP contribution in [-0.2, 0) is 0 Å². The number of nitrogens with two attached hydrogens (primary N) is 1. The normalized spacial score (nSPS) is 36.8. The Balaban J connectivity index is 2.11. The summed E-state index contributed by atoms with van der Waals surface area (Å²) in [6, 6.07) is 0. The van der Waals surface area contributed by atoms with Crippen LogP contribution in [0, 0.1) is 17.8 Å². The second kappa shape index (κ2) is 4.06. The number of rotatable bonds is 4. The maximum Gasteiger partial charge on any atom is 0.0357 e. The summed E-state index contributed by atoms with van der Waals surface area (Å²) in [5.41, 5.74) is 6.43. The first-order chi connectivity index (χ1) is 7.14. The van der Waals surface area contributed by atoms with Crippen molar-refractivity contribution in [3.8, 4) is 0 Å². The first-order valence-corrected chi connectivity index (χ1v) is 6.59. The molecule has 0 amide bonds. The Labute approximate surface area is 94.2 Å². The highest BCUT2D eigenvalue weighted by Crippen LogP contribution is 2.46. The highest BCUT2D eigenvalue weighted by atomic mass is 15.2. The lowest BCUT2D eigenvalue weighted by Gasteiger charge is -2.41. The molecular weight excluding hydrogens is 184 g/mol. The quantitative estimate of drug-likeness (QED) is 0.770. The van der Waals surface area contributed by atoms with E-state index in [9.17, 15) is 0 Å². The molecule has 1 saturated heterocycles. The molecule has 0 radical (unpaired) electrons. The van der Waals surface area contributed by atoms with Crippen molar-refractivity contribution in [1.82, 2.24) is 4.90 Å². The van der Waals surface area contributed by atoms with Crippen molar-refractivity contribution in [2.45, 2.75) is 45.6 Å². The monoisotopic (exact) mass is 210 g/mol. The van der Waals surface area contributed by atoms with E-state index < -0.39 is 0 Å². The molecule has 88 valence electrons. The van der Waals surface area contributed by atoms with Crippen LogP contribution < -0.4 is 5.73 Å². The fourth-order valence-electron chi connectivity index (χ4n) is 3.32. The van der Waals surface area contributed by atoms with Crippen LogP contribution in [0.5, 0.6) is 0 Å². The van der Waals surface area contributed by atoms with E-state index in [2.05, 4.69) is 25.7 Å². The van der Waals surface area contributed by atoms with E-state index in [0.717, 1.165) is 24.3 Å².